The third-order valence-corrected chi connectivity index (χ3v) is 7.57. The van der Waals surface area contributed by atoms with Crippen LogP contribution < -0.4 is 4.74 Å². The number of hydrogen-bond donors (Lipinski definition) is 1. The fourth-order valence-corrected chi connectivity index (χ4v) is 5.67. The Hall–Kier alpha value is -2.23. The molecule has 1 unspecified atom stereocenters. The number of pyridine rings is 2. The number of hydroxylamine groups is 2. The summed E-state index contributed by atoms with van der Waals surface area (Å²) in [6.45, 7) is 0. The third-order valence-electron chi connectivity index (χ3n) is 5.02. The van der Waals surface area contributed by atoms with Crippen LogP contribution in [-0.4, -0.2) is 52.2 Å². The Morgan fingerprint density at radius 3 is 2.59 bits per heavy atom. The van der Waals surface area contributed by atoms with Crippen molar-refractivity contribution in [1.82, 2.24) is 15.0 Å². The van der Waals surface area contributed by atoms with E-state index in [0.29, 0.717) is 47.2 Å². The second-order valence-electron chi connectivity index (χ2n) is 6.92. The lowest BCUT2D eigenvalue weighted by Gasteiger charge is -2.30. The molecule has 0 radical (unpaired) electrons. The van der Waals surface area contributed by atoms with Gasteiger partial charge in [-0.3, -0.25) is 15.0 Å². The normalized spacial score (nSPS) is 20.6. The summed E-state index contributed by atoms with van der Waals surface area (Å²) >= 11 is 6.06. The van der Waals surface area contributed by atoms with Crippen LogP contribution in [-0.2, 0) is 14.6 Å². The zero-order chi connectivity index (χ0) is 20.9. The highest BCUT2D eigenvalue weighted by Crippen LogP contribution is 2.31. The lowest BCUT2D eigenvalue weighted by molar-refractivity contribution is -0.158. The number of aromatic nitrogens is 2. The zero-order valence-corrected chi connectivity index (χ0v) is 17.2. The number of ether oxygens (including phenoxy) is 1. The lowest BCUT2D eigenvalue weighted by atomic mass is 9.97. The van der Waals surface area contributed by atoms with Gasteiger partial charge in [0.05, 0.1) is 17.0 Å². The number of halogens is 1. The topological polar surface area (TPSA) is 110 Å². The minimum Gasteiger partial charge on any atom is -0.473 e. The van der Waals surface area contributed by atoms with Crippen molar-refractivity contribution in [3.05, 3.63) is 53.4 Å². The number of amides is 1. The van der Waals surface area contributed by atoms with Crippen LogP contribution in [0.25, 0.3) is 0 Å². The van der Waals surface area contributed by atoms with Crippen LogP contribution in [0.3, 0.4) is 0 Å². The van der Waals surface area contributed by atoms with Crippen LogP contribution in [0.2, 0.25) is 5.02 Å². The molecular weight excluding hydrogens is 418 g/mol. The van der Waals surface area contributed by atoms with Gasteiger partial charge in [-0.1, -0.05) is 17.7 Å². The Balaban J connectivity index is 1.64. The number of carbonyl (C=O) groups is 1. The fourth-order valence-electron chi connectivity index (χ4n) is 3.45. The van der Waals surface area contributed by atoms with Crippen molar-refractivity contribution in [3.8, 4) is 5.88 Å². The molecule has 2 heterocycles. The molecule has 1 aliphatic carbocycles. The standard InChI is InChI=1S/C19H22ClN3O5S/c20-17-4-2-10-22-19(17)28-15-5-7-16(8-6-15)29(26,27)12-18(23(25)13-24)14-3-1-9-21-11-14/h1-4,9-11,13,15-16,18,25H,5-8,12H2. The van der Waals surface area contributed by atoms with Crippen molar-refractivity contribution in [1.29, 1.82) is 0 Å². The van der Waals surface area contributed by atoms with Crippen molar-refractivity contribution >= 4 is 27.8 Å². The van der Waals surface area contributed by atoms with Gasteiger partial charge in [0.1, 0.15) is 11.1 Å². The first-order valence-electron chi connectivity index (χ1n) is 9.22. The predicted octanol–water partition coefficient (Wildman–Crippen LogP) is 2.82. The van der Waals surface area contributed by atoms with Crippen LogP contribution in [0.15, 0.2) is 42.9 Å². The molecule has 10 heteroatoms. The molecule has 0 saturated heterocycles. The summed E-state index contributed by atoms with van der Waals surface area (Å²) in [5, 5.41) is 10.1. The molecular formula is C19H22ClN3O5S. The van der Waals surface area contributed by atoms with Crippen LogP contribution in [0.4, 0.5) is 0 Å². The zero-order valence-electron chi connectivity index (χ0n) is 15.6. The van der Waals surface area contributed by atoms with Gasteiger partial charge in [0.2, 0.25) is 12.3 Å². The number of carbonyl (C=O) groups excluding carboxylic acids is 1. The average Bonchev–Trinajstić information content (AvgIpc) is 2.74. The minimum absolute atomic E-state index is 0.160. The molecule has 2 aromatic heterocycles. The van der Waals surface area contributed by atoms with Crippen LogP contribution in [0, 0.1) is 0 Å². The highest BCUT2D eigenvalue weighted by molar-refractivity contribution is 7.92. The van der Waals surface area contributed by atoms with Gasteiger partial charge < -0.3 is 4.74 Å². The van der Waals surface area contributed by atoms with Gasteiger partial charge >= 0.3 is 0 Å². The molecule has 0 bridgehead atoms. The van der Waals surface area contributed by atoms with Gasteiger partial charge in [-0.15, -0.1) is 0 Å². The largest absolute Gasteiger partial charge is 0.473 e. The van der Waals surface area contributed by atoms with Crippen LogP contribution in [0.1, 0.15) is 37.3 Å². The van der Waals surface area contributed by atoms with E-state index in [1.54, 1.807) is 30.5 Å². The molecule has 1 atom stereocenters. The summed E-state index contributed by atoms with van der Waals surface area (Å²) < 4.78 is 31.7. The molecule has 0 aromatic carbocycles. The lowest BCUT2D eigenvalue weighted by Crippen LogP contribution is -2.37. The van der Waals surface area contributed by atoms with E-state index in [1.807, 2.05) is 0 Å². The SMILES string of the molecule is O=CN(O)C(CS(=O)(=O)C1CCC(Oc2ncccc2Cl)CC1)c1cccnc1. The summed E-state index contributed by atoms with van der Waals surface area (Å²) in [6, 6.07) is 5.64. The quantitative estimate of drug-likeness (QED) is 0.382. The van der Waals surface area contributed by atoms with E-state index >= 15 is 0 Å². The van der Waals surface area contributed by atoms with Gasteiger partial charge in [-0.25, -0.2) is 18.5 Å². The molecule has 1 amide bonds. The molecule has 3 rings (SSSR count). The fraction of sp³-hybridized carbons (Fsp3) is 0.421. The first-order valence-corrected chi connectivity index (χ1v) is 11.3. The number of nitrogens with zero attached hydrogens (tertiary/aromatic N) is 3. The van der Waals surface area contributed by atoms with Crippen molar-refractivity contribution in [2.45, 2.75) is 43.1 Å². The van der Waals surface area contributed by atoms with E-state index in [9.17, 15) is 18.4 Å². The number of sulfone groups is 1. The molecule has 0 spiro atoms. The average molecular weight is 440 g/mol. The van der Waals surface area contributed by atoms with Gasteiger partial charge in [-0.2, -0.15) is 0 Å². The third kappa shape index (κ3) is 5.43. The maximum Gasteiger partial charge on any atom is 0.233 e. The minimum atomic E-state index is -3.58. The van der Waals surface area contributed by atoms with Crippen LogP contribution >= 0.6 is 11.6 Å². The van der Waals surface area contributed by atoms with E-state index in [2.05, 4.69) is 9.97 Å². The van der Waals surface area contributed by atoms with Crippen LogP contribution in [0.5, 0.6) is 5.88 Å². The Bertz CT molecular complexity index is 920. The number of rotatable bonds is 8. The van der Waals surface area contributed by atoms with Gasteiger partial charge in [0.15, 0.2) is 9.84 Å². The molecule has 1 N–H and O–H groups in total. The van der Waals surface area contributed by atoms with Crippen molar-refractivity contribution in [2.24, 2.45) is 0 Å². The summed E-state index contributed by atoms with van der Waals surface area (Å²) in [6.07, 6.45) is 6.54. The molecule has 29 heavy (non-hydrogen) atoms. The summed E-state index contributed by atoms with van der Waals surface area (Å²) in [5.41, 5.74) is 0.451. The highest BCUT2D eigenvalue weighted by atomic mass is 35.5. The second-order valence-corrected chi connectivity index (χ2v) is 9.66. The van der Waals surface area contributed by atoms with E-state index in [1.165, 1.54) is 12.4 Å². The maximum absolute atomic E-state index is 13.0. The number of hydrogen-bond acceptors (Lipinski definition) is 7. The molecule has 156 valence electrons. The Morgan fingerprint density at radius 2 is 1.97 bits per heavy atom. The van der Waals surface area contributed by atoms with Gasteiger partial charge in [0.25, 0.3) is 0 Å². The maximum atomic E-state index is 13.0. The summed E-state index contributed by atoms with van der Waals surface area (Å²) in [5.74, 6) is -0.0325. The van der Waals surface area contributed by atoms with Gasteiger partial charge in [-0.05, 0) is 49.4 Å². The van der Waals surface area contributed by atoms with E-state index in [4.69, 9.17) is 16.3 Å². The molecule has 8 nitrogen and oxygen atoms in total. The van der Waals surface area contributed by atoms with Gasteiger partial charge in [0, 0.05) is 18.6 Å². The van der Waals surface area contributed by atoms with Crippen molar-refractivity contribution < 1.29 is 23.2 Å². The van der Waals surface area contributed by atoms with Crippen molar-refractivity contribution in [2.75, 3.05) is 5.75 Å². The Labute approximate surface area is 174 Å². The molecule has 1 fully saturated rings. The van der Waals surface area contributed by atoms with E-state index < -0.39 is 21.1 Å². The van der Waals surface area contributed by atoms with Crippen molar-refractivity contribution in [3.63, 3.8) is 0 Å². The molecule has 0 aliphatic heterocycles. The van der Waals surface area contributed by atoms with E-state index in [0.717, 1.165) is 0 Å². The monoisotopic (exact) mass is 439 g/mol. The molecule has 1 saturated carbocycles. The van der Waals surface area contributed by atoms with E-state index in [-0.39, 0.29) is 18.3 Å². The predicted molar refractivity (Wildman–Crippen MR) is 106 cm³/mol. The first kappa shape index (κ1) is 21.5. The Morgan fingerprint density at radius 1 is 1.24 bits per heavy atom. The Kier molecular flexibility index (Phi) is 7.05. The first-order chi connectivity index (χ1) is 13.9. The second kappa shape index (κ2) is 9.51. The summed E-state index contributed by atoms with van der Waals surface area (Å²) in [7, 11) is -3.58. The highest BCUT2D eigenvalue weighted by Gasteiger charge is 2.35. The molecule has 1 aliphatic rings. The molecule has 2 aromatic rings. The summed E-state index contributed by atoms with van der Waals surface area (Å²) in [4.78, 5) is 19.1. The smallest absolute Gasteiger partial charge is 0.233 e.